The van der Waals surface area contributed by atoms with E-state index >= 15 is 0 Å². The molecule has 0 saturated heterocycles. The third-order valence-electron chi connectivity index (χ3n) is 3.02. The number of aromatic carboxylic acids is 1. The van der Waals surface area contributed by atoms with Crippen LogP contribution in [0.5, 0.6) is 0 Å². The van der Waals surface area contributed by atoms with Crippen molar-refractivity contribution in [2.75, 3.05) is 5.32 Å². The molecule has 0 heterocycles. The molecule has 1 N–H and O–H groups in total. The summed E-state index contributed by atoms with van der Waals surface area (Å²) in [6, 6.07) is 12.6. The Labute approximate surface area is 123 Å². The van der Waals surface area contributed by atoms with E-state index in [1.165, 1.54) is 6.07 Å². The van der Waals surface area contributed by atoms with Gasteiger partial charge in [0.05, 0.1) is 5.97 Å². The molecule has 4 heteroatoms. The number of carbonyl (C=O) groups excluding carboxylic acids is 1. The van der Waals surface area contributed by atoms with Crippen LogP contribution >= 0.6 is 0 Å². The van der Waals surface area contributed by atoms with Gasteiger partial charge in [-0.15, -0.1) is 0 Å². The summed E-state index contributed by atoms with van der Waals surface area (Å²) in [4.78, 5) is 11.0. The predicted octanol–water partition coefficient (Wildman–Crippen LogP) is 2.41. The number of hydrogen-bond donors (Lipinski definition) is 1. The minimum absolute atomic E-state index is 0. The van der Waals surface area contributed by atoms with E-state index in [4.69, 9.17) is 0 Å². The van der Waals surface area contributed by atoms with Gasteiger partial charge in [-0.2, -0.15) is 0 Å². The first-order valence-corrected chi connectivity index (χ1v) is 5.73. The van der Waals surface area contributed by atoms with Crippen molar-refractivity contribution in [2.24, 2.45) is 0 Å². The monoisotopic (exact) mass is 303 g/mol. The molecule has 0 aromatic heterocycles. The summed E-state index contributed by atoms with van der Waals surface area (Å²) in [6.07, 6.45) is 0. The standard InChI is InChI=1S/C15H15NO2.Cu/c1-10-6-5-9-13(11(10)2)16-14-8-4-3-7-12(14)15(17)18;/h3-9,16H,1-2H3,(H,17,18);/q;+2/p-1. The maximum absolute atomic E-state index is 11.0. The third kappa shape index (κ3) is 3.37. The van der Waals surface area contributed by atoms with Gasteiger partial charge in [-0.25, -0.2) is 0 Å². The molecule has 1 radical (unpaired) electrons. The maximum atomic E-state index is 11.0. The van der Waals surface area contributed by atoms with Crippen LogP contribution in [0.2, 0.25) is 0 Å². The van der Waals surface area contributed by atoms with E-state index in [0.717, 1.165) is 16.8 Å². The van der Waals surface area contributed by atoms with Gasteiger partial charge in [-0.3, -0.25) is 0 Å². The van der Waals surface area contributed by atoms with Crippen molar-refractivity contribution in [3.63, 3.8) is 0 Å². The summed E-state index contributed by atoms with van der Waals surface area (Å²) < 4.78 is 0. The number of rotatable bonds is 3. The van der Waals surface area contributed by atoms with Crippen LogP contribution in [-0.2, 0) is 17.1 Å². The summed E-state index contributed by atoms with van der Waals surface area (Å²) >= 11 is 0. The number of carboxylic acids is 1. The molecule has 0 fully saturated rings. The van der Waals surface area contributed by atoms with Crippen LogP contribution in [0.1, 0.15) is 21.5 Å². The van der Waals surface area contributed by atoms with Crippen LogP contribution in [0.15, 0.2) is 42.5 Å². The molecule has 0 aliphatic rings. The van der Waals surface area contributed by atoms with Gasteiger partial charge in [0.2, 0.25) is 0 Å². The van der Waals surface area contributed by atoms with Crippen molar-refractivity contribution in [3.8, 4) is 0 Å². The van der Waals surface area contributed by atoms with Crippen LogP contribution in [0, 0.1) is 13.8 Å². The molecule has 2 rings (SSSR count). The Morgan fingerprint density at radius 2 is 1.63 bits per heavy atom. The molecule has 2 aromatic carbocycles. The zero-order chi connectivity index (χ0) is 13.1. The quantitative estimate of drug-likeness (QED) is 0.886. The van der Waals surface area contributed by atoms with E-state index in [0.29, 0.717) is 5.69 Å². The average Bonchev–Trinajstić information content (AvgIpc) is 2.35. The van der Waals surface area contributed by atoms with Gasteiger partial charge in [0.25, 0.3) is 0 Å². The number of benzene rings is 2. The topological polar surface area (TPSA) is 52.2 Å². The zero-order valence-corrected chi connectivity index (χ0v) is 11.6. The fourth-order valence-electron chi connectivity index (χ4n) is 1.80. The first-order chi connectivity index (χ1) is 8.59. The molecule has 2 aromatic rings. The second-order valence-electron chi connectivity index (χ2n) is 4.21. The largest absolute Gasteiger partial charge is 2.00 e. The van der Waals surface area contributed by atoms with Crippen LogP contribution in [0.3, 0.4) is 0 Å². The van der Waals surface area contributed by atoms with Crippen molar-refractivity contribution >= 4 is 17.3 Å². The van der Waals surface area contributed by atoms with Gasteiger partial charge in [0, 0.05) is 16.9 Å². The Balaban J connectivity index is 0.00000180. The van der Waals surface area contributed by atoms with Crippen molar-refractivity contribution < 1.29 is 27.0 Å². The average molecular weight is 304 g/mol. The molecule has 3 nitrogen and oxygen atoms in total. The second kappa shape index (κ2) is 6.41. The summed E-state index contributed by atoms with van der Waals surface area (Å²) in [5.74, 6) is -1.18. The summed E-state index contributed by atoms with van der Waals surface area (Å²) in [5, 5.41) is 14.2. The summed E-state index contributed by atoms with van der Waals surface area (Å²) in [7, 11) is 0. The van der Waals surface area contributed by atoms with Crippen molar-refractivity contribution in [1.29, 1.82) is 0 Å². The summed E-state index contributed by atoms with van der Waals surface area (Å²) in [5.41, 5.74) is 3.88. The van der Waals surface area contributed by atoms with Gasteiger partial charge < -0.3 is 15.2 Å². The number of carbonyl (C=O) groups is 1. The van der Waals surface area contributed by atoms with Crippen molar-refractivity contribution in [1.82, 2.24) is 0 Å². The molecule has 0 atom stereocenters. The SMILES string of the molecule is Cc1cccc(Nc2ccccc2C(=O)[O-])c1C.[Cu+2]. The van der Waals surface area contributed by atoms with Crippen LogP contribution in [-0.4, -0.2) is 5.97 Å². The van der Waals surface area contributed by atoms with E-state index in [1.54, 1.807) is 18.2 Å². The third-order valence-corrected chi connectivity index (χ3v) is 3.02. The van der Waals surface area contributed by atoms with Gasteiger partial charge in [0.1, 0.15) is 0 Å². The Hall–Kier alpha value is -1.77. The van der Waals surface area contributed by atoms with Crippen molar-refractivity contribution in [2.45, 2.75) is 13.8 Å². The Morgan fingerprint density at radius 3 is 2.32 bits per heavy atom. The van der Waals surface area contributed by atoms with Crippen molar-refractivity contribution in [3.05, 3.63) is 59.2 Å². The van der Waals surface area contributed by atoms with E-state index in [1.807, 2.05) is 32.0 Å². The van der Waals surface area contributed by atoms with Gasteiger partial charge in [-0.05, 0) is 37.1 Å². The maximum Gasteiger partial charge on any atom is 2.00 e. The zero-order valence-electron chi connectivity index (χ0n) is 10.7. The smallest absolute Gasteiger partial charge is 0.545 e. The first kappa shape index (κ1) is 15.3. The molecule has 0 amide bonds. The Bertz CT molecular complexity index is 596. The second-order valence-corrected chi connectivity index (χ2v) is 4.21. The molecular formula is C15H14CuNO2+. The van der Waals surface area contributed by atoms with E-state index in [-0.39, 0.29) is 22.6 Å². The Kier molecular flexibility index (Phi) is 5.16. The van der Waals surface area contributed by atoms with E-state index in [2.05, 4.69) is 5.32 Å². The van der Waals surface area contributed by atoms with Gasteiger partial charge in [-0.1, -0.05) is 30.3 Å². The molecule has 0 aliphatic carbocycles. The number of aryl methyl sites for hydroxylation is 1. The van der Waals surface area contributed by atoms with E-state index in [9.17, 15) is 9.90 Å². The predicted molar refractivity (Wildman–Crippen MR) is 70.0 cm³/mol. The van der Waals surface area contributed by atoms with Crippen LogP contribution < -0.4 is 10.4 Å². The molecule has 0 spiro atoms. The number of carboxylic acid groups (broad SMARTS) is 1. The normalized spacial score (nSPS) is 9.58. The summed E-state index contributed by atoms with van der Waals surface area (Å²) in [6.45, 7) is 4.02. The Morgan fingerprint density at radius 1 is 1.00 bits per heavy atom. The van der Waals surface area contributed by atoms with Crippen LogP contribution in [0.25, 0.3) is 0 Å². The molecule has 0 unspecified atom stereocenters. The van der Waals surface area contributed by atoms with Gasteiger partial charge >= 0.3 is 17.1 Å². The number of hydrogen-bond acceptors (Lipinski definition) is 3. The number of anilines is 2. The van der Waals surface area contributed by atoms with E-state index < -0.39 is 5.97 Å². The molecule has 19 heavy (non-hydrogen) atoms. The molecule has 0 aliphatic heterocycles. The minimum atomic E-state index is -1.18. The molecule has 0 bridgehead atoms. The first-order valence-electron chi connectivity index (χ1n) is 5.73. The fourth-order valence-corrected chi connectivity index (χ4v) is 1.80. The minimum Gasteiger partial charge on any atom is -0.545 e. The van der Waals surface area contributed by atoms with Crippen LogP contribution in [0.4, 0.5) is 11.4 Å². The number of nitrogens with one attached hydrogen (secondary N) is 1. The van der Waals surface area contributed by atoms with Gasteiger partial charge in [0.15, 0.2) is 0 Å². The molecular weight excluding hydrogens is 290 g/mol. The number of para-hydroxylation sites is 1. The molecule has 0 saturated carbocycles. The molecule has 101 valence electrons. The fraction of sp³-hybridized carbons (Fsp3) is 0.133.